The van der Waals surface area contributed by atoms with Crippen LogP contribution in [-0.4, -0.2) is 6.04 Å². The molecule has 1 aromatic carbocycles. The van der Waals surface area contributed by atoms with Crippen LogP contribution in [0.15, 0.2) is 24.3 Å². The summed E-state index contributed by atoms with van der Waals surface area (Å²) in [5.74, 6) is 6.65. The van der Waals surface area contributed by atoms with Crippen molar-refractivity contribution in [2.75, 3.05) is 0 Å². The van der Waals surface area contributed by atoms with Crippen molar-refractivity contribution in [3.05, 3.63) is 35.7 Å². The van der Waals surface area contributed by atoms with Gasteiger partial charge in [-0.05, 0) is 79.7 Å². The largest absolute Gasteiger partial charge is 0.408 e. The topological polar surface area (TPSA) is 21.3 Å². The third kappa shape index (κ3) is 1.67. The van der Waals surface area contributed by atoms with Crippen molar-refractivity contribution in [3.63, 3.8) is 0 Å². The summed E-state index contributed by atoms with van der Waals surface area (Å²) >= 11 is 0. The minimum Gasteiger partial charge on any atom is -0.408 e. The Morgan fingerprint density at radius 3 is 2.55 bits per heavy atom. The van der Waals surface area contributed by atoms with Gasteiger partial charge in [-0.25, -0.2) is 0 Å². The van der Waals surface area contributed by atoms with Crippen LogP contribution < -0.4 is 10.3 Å². The fourth-order valence-electron chi connectivity index (χ4n) is 5.68. The number of fused-ring (bicyclic) bond motifs is 1. The van der Waals surface area contributed by atoms with Gasteiger partial charge in [0.05, 0.1) is 6.04 Å². The Morgan fingerprint density at radius 1 is 0.950 bits per heavy atom. The second-order valence-electron chi connectivity index (χ2n) is 7.43. The summed E-state index contributed by atoms with van der Waals surface area (Å²) in [6.45, 7) is 0. The van der Waals surface area contributed by atoms with E-state index >= 15 is 0 Å². The van der Waals surface area contributed by atoms with Crippen molar-refractivity contribution in [1.29, 1.82) is 0 Å². The average molecular weight is 268 g/mol. The third-order valence-corrected chi connectivity index (χ3v) is 6.19. The van der Waals surface area contributed by atoms with Crippen molar-refractivity contribution in [2.45, 2.75) is 44.6 Å². The highest BCUT2D eigenvalue weighted by molar-refractivity contribution is 5.35. The Hall–Kier alpha value is -1.02. The number of para-hydroxylation sites is 1. The molecule has 4 fully saturated rings. The normalized spacial score (nSPS) is 42.3. The lowest BCUT2D eigenvalue weighted by atomic mass is 9.50. The summed E-state index contributed by atoms with van der Waals surface area (Å²) in [5, 5.41) is 0. The molecule has 2 heteroatoms. The Labute approximate surface area is 120 Å². The van der Waals surface area contributed by atoms with Crippen LogP contribution >= 0.6 is 0 Å². The standard InChI is InChI=1S/C18H22NO/c1-2-4-17-13(3-1)10-16(19-20-17)18-14-6-11-5-12(8-14)9-15(18)7-11/h1-4,11-12,14,16,18-19H,5-10H2. The molecule has 4 aliphatic carbocycles. The molecule has 4 bridgehead atoms. The quantitative estimate of drug-likeness (QED) is 0.841. The molecule has 1 radical (unpaired) electrons. The molecule has 0 aromatic heterocycles. The van der Waals surface area contributed by atoms with Crippen molar-refractivity contribution in [2.24, 2.45) is 23.7 Å². The zero-order valence-electron chi connectivity index (χ0n) is 11.8. The van der Waals surface area contributed by atoms with Crippen LogP contribution in [0.5, 0.6) is 5.75 Å². The van der Waals surface area contributed by atoms with Gasteiger partial charge in [0.25, 0.3) is 0 Å². The molecular weight excluding hydrogens is 246 g/mol. The first-order valence-corrected chi connectivity index (χ1v) is 8.21. The smallest absolute Gasteiger partial charge is 0.150 e. The predicted molar refractivity (Wildman–Crippen MR) is 78.0 cm³/mol. The molecule has 6 rings (SSSR count). The van der Waals surface area contributed by atoms with Crippen LogP contribution in [0.25, 0.3) is 0 Å². The van der Waals surface area contributed by atoms with Gasteiger partial charge in [0.15, 0.2) is 0 Å². The average Bonchev–Trinajstić information content (AvgIpc) is 2.46. The number of hydrogen-bond acceptors (Lipinski definition) is 2. The molecule has 1 aliphatic heterocycles. The summed E-state index contributed by atoms with van der Waals surface area (Å²) in [6.07, 6.45) is 8.43. The molecule has 0 amide bonds. The van der Waals surface area contributed by atoms with Gasteiger partial charge in [-0.15, -0.1) is 0 Å². The Balaban J connectivity index is 1.42. The summed E-state index contributed by atoms with van der Waals surface area (Å²) in [4.78, 5) is 5.83. The maximum Gasteiger partial charge on any atom is 0.150 e. The van der Waals surface area contributed by atoms with Gasteiger partial charge in [0.2, 0.25) is 0 Å². The lowest BCUT2D eigenvalue weighted by molar-refractivity contribution is -0.00451. The molecule has 4 unspecified atom stereocenters. The van der Waals surface area contributed by atoms with Crippen molar-refractivity contribution < 1.29 is 4.84 Å². The third-order valence-electron chi connectivity index (χ3n) is 6.19. The van der Waals surface area contributed by atoms with Gasteiger partial charge in [-0.3, -0.25) is 0 Å². The molecule has 4 saturated carbocycles. The van der Waals surface area contributed by atoms with Gasteiger partial charge < -0.3 is 4.84 Å². The van der Waals surface area contributed by atoms with Gasteiger partial charge in [0, 0.05) is 0 Å². The summed E-state index contributed by atoms with van der Waals surface area (Å²) in [5.41, 5.74) is 4.76. The summed E-state index contributed by atoms with van der Waals surface area (Å²) in [7, 11) is 0. The van der Waals surface area contributed by atoms with Crippen LogP contribution in [-0.2, 0) is 6.42 Å². The highest BCUT2D eigenvalue weighted by atomic mass is 16.6. The minimum absolute atomic E-state index is 0.505. The number of hydrogen-bond donors (Lipinski definition) is 1. The number of hydroxylamine groups is 1. The highest BCUT2D eigenvalue weighted by Crippen LogP contribution is 2.58. The molecule has 0 saturated heterocycles. The van der Waals surface area contributed by atoms with Crippen LogP contribution in [0.3, 0.4) is 0 Å². The van der Waals surface area contributed by atoms with Crippen LogP contribution in [0.2, 0.25) is 0 Å². The lowest BCUT2D eigenvalue weighted by Gasteiger charge is -2.56. The van der Waals surface area contributed by atoms with Crippen molar-refractivity contribution in [3.8, 4) is 5.75 Å². The van der Waals surface area contributed by atoms with Crippen LogP contribution in [0.4, 0.5) is 0 Å². The minimum atomic E-state index is 0.505. The SMILES string of the molecule is c1ccc2c(c1)CC(C1[C]3CC4CC(C3)CC1C4)NO2. The molecule has 4 atom stereocenters. The van der Waals surface area contributed by atoms with Gasteiger partial charge in [0.1, 0.15) is 5.75 Å². The van der Waals surface area contributed by atoms with E-state index < -0.39 is 0 Å². The molecule has 1 aromatic rings. The maximum atomic E-state index is 5.83. The maximum absolute atomic E-state index is 5.83. The van der Waals surface area contributed by atoms with E-state index in [1.165, 1.54) is 37.7 Å². The molecule has 5 aliphatic rings. The molecule has 0 spiro atoms. The zero-order valence-corrected chi connectivity index (χ0v) is 11.8. The first-order valence-electron chi connectivity index (χ1n) is 8.21. The Kier molecular flexibility index (Phi) is 2.46. The van der Waals surface area contributed by atoms with Crippen LogP contribution in [0.1, 0.15) is 37.7 Å². The molecule has 2 nitrogen and oxygen atoms in total. The fourth-order valence-corrected chi connectivity index (χ4v) is 5.68. The van der Waals surface area contributed by atoms with E-state index in [0.717, 1.165) is 35.8 Å². The monoisotopic (exact) mass is 268 g/mol. The Bertz CT molecular complexity index is 498. The van der Waals surface area contributed by atoms with E-state index in [9.17, 15) is 0 Å². The number of nitrogens with one attached hydrogen (secondary N) is 1. The van der Waals surface area contributed by atoms with Crippen molar-refractivity contribution in [1.82, 2.24) is 5.48 Å². The van der Waals surface area contributed by atoms with E-state index in [1.54, 1.807) is 0 Å². The van der Waals surface area contributed by atoms with E-state index in [2.05, 4.69) is 29.7 Å². The molecule has 1 N–H and O–H groups in total. The van der Waals surface area contributed by atoms with Gasteiger partial charge >= 0.3 is 0 Å². The first kappa shape index (κ1) is 11.6. The molecule has 105 valence electrons. The van der Waals surface area contributed by atoms with Crippen LogP contribution in [0, 0.1) is 29.6 Å². The molecule has 1 heterocycles. The first-order chi connectivity index (χ1) is 9.87. The lowest BCUT2D eigenvalue weighted by Crippen LogP contribution is -2.54. The molecular formula is C18H22NO. The summed E-state index contributed by atoms with van der Waals surface area (Å²) in [6, 6.07) is 8.99. The summed E-state index contributed by atoms with van der Waals surface area (Å²) < 4.78 is 0. The number of benzene rings is 1. The molecule has 20 heavy (non-hydrogen) atoms. The Morgan fingerprint density at radius 2 is 1.75 bits per heavy atom. The van der Waals surface area contributed by atoms with Gasteiger partial charge in [-0.2, -0.15) is 5.48 Å². The number of rotatable bonds is 1. The zero-order chi connectivity index (χ0) is 13.1. The van der Waals surface area contributed by atoms with E-state index in [-0.39, 0.29) is 0 Å². The predicted octanol–water partition coefficient (Wildman–Crippen LogP) is 3.53. The van der Waals surface area contributed by atoms with Crippen molar-refractivity contribution >= 4 is 0 Å². The van der Waals surface area contributed by atoms with E-state index in [0.29, 0.717) is 6.04 Å². The van der Waals surface area contributed by atoms with E-state index in [1.807, 2.05) is 5.92 Å². The second-order valence-corrected chi connectivity index (χ2v) is 7.43. The fraction of sp³-hybridized carbons (Fsp3) is 0.611. The van der Waals surface area contributed by atoms with E-state index in [4.69, 9.17) is 4.84 Å². The van der Waals surface area contributed by atoms with Gasteiger partial charge in [-0.1, -0.05) is 18.2 Å². The highest BCUT2D eigenvalue weighted by Gasteiger charge is 2.51. The second kappa shape index (κ2) is 4.24.